The van der Waals surface area contributed by atoms with Crippen molar-refractivity contribution in [3.8, 4) is 0 Å². The van der Waals surface area contributed by atoms with Crippen LogP contribution in [0.3, 0.4) is 0 Å². The number of hydrogen-bond donors (Lipinski definition) is 2. The smallest absolute Gasteiger partial charge is 0.243 e. The molecule has 0 spiro atoms. The van der Waals surface area contributed by atoms with Crippen molar-refractivity contribution in [2.75, 3.05) is 19.6 Å². The summed E-state index contributed by atoms with van der Waals surface area (Å²) < 4.78 is 0. The van der Waals surface area contributed by atoms with Crippen LogP contribution in [0.2, 0.25) is 10.0 Å². The number of benzene rings is 2. The Morgan fingerprint density at radius 2 is 1.76 bits per heavy atom. The molecule has 2 aromatic rings. The second-order valence-corrected chi connectivity index (χ2v) is 11.0. The van der Waals surface area contributed by atoms with Gasteiger partial charge in [0.15, 0.2) is 0 Å². The molecule has 6 rings (SSSR count). The van der Waals surface area contributed by atoms with E-state index in [2.05, 4.69) is 15.5 Å². The van der Waals surface area contributed by atoms with E-state index < -0.39 is 11.5 Å². The average Bonchev–Trinajstić information content (AvgIpc) is 3.65. The molecule has 1 saturated carbocycles. The number of nitrogens with zero attached hydrogens (tertiary/aromatic N) is 1. The summed E-state index contributed by atoms with van der Waals surface area (Å²) in [5.41, 5.74) is 1.10. The molecule has 0 aromatic heterocycles. The number of carbonyl (C=O) groups is 2. The third-order valence-corrected chi connectivity index (χ3v) is 8.56. The third kappa shape index (κ3) is 4.58. The number of piperidine rings is 3. The molecule has 3 saturated heterocycles. The van der Waals surface area contributed by atoms with Crippen LogP contribution in [0.25, 0.3) is 0 Å². The van der Waals surface area contributed by atoms with Crippen LogP contribution in [0.5, 0.6) is 0 Å². The SMILES string of the molecule is C[C@@H](c1ccccc1)[C@H](NC(=O)C1(c2ccc(Cl)cc2Cl)CC1)C(=O)N[C@H]1CN2CCC1CC2. The highest BCUT2D eigenvalue weighted by Crippen LogP contribution is 2.51. The minimum absolute atomic E-state index is 0.110. The van der Waals surface area contributed by atoms with Crippen molar-refractivity contribution in [1.82, 2.24) is 15.5 Å². The van der Waals surface area contributed by atoms with Gasteiger partial charge in [0.05, 0.1) is 5.41 Å². The van der Waals surface area contributed by atoms with E-state index in [-0.39, 0.29) is 23.8 Å². The van der Waals surface area contributed by atoms with Crippen LogP contribution in [0, 0.1) is 5.92 Å². The first-order chi connectivity index (χ1) is 16.4. The minimum Gasteiger partial charge on any atom is -0.350 e. The largest absolute Gasteiger partial charge is 0.350 e. The molecule has 7 heteroatoms. The standard InChI is InChI=1S/C27H31Cl2N3O2/c1-17(18-5-3-2-4-6-18)24(25(33)30-23-16-32-13-9-19(23)10-14-32)31-26(34)27(11-12-27)21-8-7-20(28)15-22(21)29/h2-8,15,17,19,23-24H,9-14,16H2,1H3,(H,30,33)(H,31,34)/t17-,23-,24-/m0/s1. The summed E-state index contributed by atoms with van der Waals surface area (Å²) in [6.07, 6.45) is 3.64. The third-order valence-electron chi connectivity index (χ3n) is 8.01. The van der Waals surface area contributed by atoms with Gasteiger partial charge < -0.3 is 15.5 Å². The average molecular weight is 500 g/mol. The van der Waals surface area contributed by atoms with Crippen molar-refractivity contribution < 1.29 is 9.59 Å². The number of fused-ring (bicyclic) bond motifs is 3. The summed E-state index contributed by atoms with van der Waals surface area (Å²) >= 11 is 12.6. The first-order valence-electron chi connectivity index (χ1n) is 12.2. The van der Waals surface area contributed by atoms with Crippen LogP contribution >= 0.6 is 23.2 Å². The van der Waals surface area contributed by atoms with Gasteiger partial charge in [-0.25, -0.2) is 0 Å². The molecular formula is C27H31Cl2N3O2. The molecule has 1 aliphatic carbocycles. The van der Waals surface area contributed by atoms with E-state index in [1.54, 1.807) is 12.1 Å². The highest BCUT2D eigenvalue weighted by Gasteiger charge is 2.53. The van der Waals surface area contributed by atoms with E-state index in [9.17, 15) is 9.59 Å². The van der Waals surface area contributed by atoms with Gasteiger partial charge in [-0.15, -0.1) is 0 Å². The van der Waals surface area contributed by atoms with E-state index in [0.717, 1.165) is 43.6 Å². The van der Waals surface area contributed by atoms with Crippen molar-refractivity contribution >= 4 is 35.0 Å². The molecule has 2 aromatic carbocycles. The Bertz CT molecular complexity index is 1060. The molecule has 3 aliphatic heterocycles. The van der Waals surface area contributed by atoms with Crippen LogP contribution in [0.1, 0.15) is 49.7 Å². The monoisotopic (exact) mass is 499 g/mol. The highest BCUT2D eigenvalue weighted by molar-refractivity contribution is 6.35. The molecule has 2 bridgehead atoms. The molecule has 34 heavy (non-hydrogen) atoms. The van der Waals surface area contributed by atoms with Crippen molar-refractivity contribution in [3.05, 3.63) is 69.7 Å². The van der Waals surface area contributed by atoms with E-state index >= 15 is 0 Å². The summed E-state index contributed by atoms with van der Waals surface area (Å²) in [6, 6.07) is 14.6. The van der Waals surface area contributed by atoms with E-state index in [1.807, 2.05) is 43.3 Å². The quantitative estimate of drug-likeness (QED) is 0.588. The lowest BCUT2D eigenvalue weighted by molar-refractivity contribution is -0.131. The number of rotatable bonds is 7. The van der Waals surface area contributed by atoms with Crippen LogP contribution in [-0.4, -0.2) is 48.4 Å². The fraction of sp³-hybridized carbons (Fsp3) is 0.481. The molecule has 0 radical (unpaired) electrons. The second kappa shape index (κ2) is 9.52. The highest BCUT2D eigenvalue weighted by atomic mass is 35.5. The summed E-state index contributed by atoms with van der Waals surface area (Å²) in [6.45, 7) is 5.12. The molecule has 180 valence electrons. The summed E-state index contributed by atoms with van der Waals surface area (Å²) in [4.78, 5) is 29.7. The number of hydrogen-bond acceptors (Lipinski definition) is 3. The van der Waals surface area contributed by atoms with E-state index in [0.29, 0.717) is 28.8 Å². The lowest BCUT2D eigenvalue weighted by Gasteiger charge is -2.45. The molecule has 4 aliphatic rings. The normalized spacial score (nSPS) is 26.4. The van der Waals surface area contributed by atoms with E-state index in [4.69, 9.17) is 23.2 Å². The Labute approximate surface area is 211 Å². The summed E-state index contributed by atoms with van der Waals surface area (Å²) in [7, 11) is 0. The van der Waals surface area contributed by atoms with Crippen LogP contribution in [0.15, 0.2) is 48.5 Å². The first kappa shape index (κ1) is 23.7. The van der Waals surface area contributed by atoms with Gasteiger partial charge in [0, 0.05) is 28.5 Å². The minimum atomic E-state index is -0.702. The zero-order chi connectivity index (χ0) is 23.9. The molecule has 2 amide bonds. The molecular weight excluding hydrogens is 469 g/mol. The lowest BCUT2D eigenvalue weighted by atomic mass is 9.83. The van der Waals surface area contributed by atoms with Crippen LogP contribution in [0.4, 0.5) is 0 Å². The van der Waals surface area contributed by atoms with Crippen molar-refractivity contribution in [3.63, 3.8) is 0 Å². The predicted octanol–water partition coefficient (Wildman–Crippen LogP) is 4.52. The van der Waals surface area contributed by atoms with Gasteiger partial charge in [-0.2, -0.15) is 0 Å². The van der Waals surface area contributed by atoms with Gasteiger partial charge in [-0.05, 0) is 68.0 Å². The van der Waals surface area contributed by atoms with Crippen molar-refractivity contribution in [2.45, 2.75) is 56.0 Å². The summed E-state index contributed by atoms with van der Waals surface area (Å²) in [5, 5.41) is 7.46. The zero-order valence-corrected chi connectivity index (χ0v) is 20.9. The topological polar surface area (TPSA) is 61.4 Å². The predicted molar refractivity (Wildman–Crippen MR) is 135 cm³/mol. The molecule has 5 nitrogen and oxygen atoms in total. The van der Waals surface area contributed by atoms with Crippen molar-refractivity contribution in [1.29, 1.82) is 0 Å². The molecule has 3 heterocycles. The Kier molecular flexibility index (Phi) is 6.62. The lowest BCUT2D eigenvalue weighted by Crippen LogP contribution is -2.61. The number of amides is 2. The maximum Gasteiger partial charge on any atom is 0.243 e. The summed E-state index contributed by atoms with van der Waals surface area (Å²) in [5.74, 6) is 0.0812. The Balaban J connectivity index is 1.38. The number of halogens is 2. The van der Waals surface area contributed by atoms with Crippen molar-refractivity contribution in [2.24, 2.45) is 5.92 Å². The Morgan fingerprint density at radius 1 is 1.06 bits per heavy atom. The fourth-order valence-electron chi connectivity index (χ4n) is 5.67. The first-order valence-corrected chi connectivity index (χ1v) is 13.0. The zero-order valence-electron chi connectivity index (χ0n) is 19.4. The van der Waals surface area contributed by atoms with Gasteiger partial charge >= 0.3 is 0 Å². The molecule has 2 N–H and O–H groups in total. The molecule has 3 atom stereocenters. The molecule has 4 fully saturated rings. The van der Waals surface area contributed by atoms with E-state index in [1.165, 1.54) is 0 Å². The number of nitrogens with one attached hydrogen (secondary N) is 2. The van der Waals surface area contributed by atoms with Crippen LogP contribution in [-0.2, 0) is 15.0 Å². The van der Waals surface area contributed by atoms with Gasteiger partial charge in [0.1, 0.15) is 6.04 Å². The van der Waals surface area contributed by atoms with Gasteiger partial charge in [-0.1, -0.05) is 66.5 Å². The Hall–Kier alpha value is -2.08. The van der Waals surface area contributed by atoms with Gasteiger partial charge in [0.2, 0.25) is 11.8 Å². The maximum atomic E-state index is 13.6. The van der Waals surface area contributed by atoms with Gasteiger partial charge in [0.25, 0.3) is 0 Å². The van der Waals surface area contributed by atoms with Gasteiger partial charge in [-0.3, -0.25) is 9.59 Å². The molecule has 0 unspecified atom stereocenters. The maximum absolute atomic E-state index is 13.6. The Morgan fingerprint density at radius 3 is 2.35 bits per heavy atom. The number of carbonyl (C=O) groups excluding carboxylic acids is 2. The second-order valence-electron chi connectivity index (χ2n) is 10.1. The van der Waals surface area contributed by atoms with Crippen LogP contribution < -0.4 is 10.6 Å². The fourth-order valence-corrected chi connectivity index (χ4v) is 6.26.